The van der Waals surface area contributed by atoms with E-state index in [1.807, 2.05) is 0 Å². The third-order valence-electron chi connectivity index (χ3n) is 0. The SMILES string of the molecule is [Na+].[Na+].[O-2].[O-2].[O-2].[Ru+4]. The first-order valence-corrected chi connectivity index (χ1v) is 0. The molecule has 0 radical (unpaired) electrons. The molecule has 0 heterocycles. The van der Waals surface area contributed by atoms with Crippen molar-refractivity contribution in [2.45, 2.75) is 0 Å². The zero-order valence-electron chi connectivity index (χ0n) is 3.58. The summed E-state index contributed by atoms with van der Waals surface area (Å²) in [5.74, 6) is 0. The second kappa shape index (κ2) is 50.6. The molecule has 6 heavy (non-hydrogen) atoms. The van der Waals surface area contributed by atoms with Crippen LogP contribution in [0.15, 0.2) is 0 Å². The van der Waals surface area contributed by atoms with Gasteiger partial charge in [0.15, 0.2) is 0 Å². The van der Waals surface area contributed by atoms with Crippen LogP contribution < -0.4 is 59.1 Å². The first-order valence-electron chi connectivity index (χ1n) is 0. The van der Waals surface area contributed by atoms with Crippen LogP contribution >= 0.6 is 0 Å². The van der Waals surface area contributed by atoms with E-state index >= 15 is 0 Å². The Bertz CT molecular complexity index is 8.75. The van der Waals surface area contributed by atoms with Gasteiger partial charge in [-0.25, -0.2) is 0 Å². The predicted molar refractivity (Wildman–Crippen MR) is 2.06 cm³/mol. The molecule has 28 valence electrons. The predicted octanol–water partition coefficient (Wildman–Crippen LogP) is -6.35. The van der Waals surface area contributed by atoms with Gasteiger partial charge in [-0.05, 0) is 0 Å². The van der Waals surface area contributed by atoms with Crippen molar-refractivity contribution in [2.75, 3.05) is 0 Å². The fourth-order valence-electron chi connectivity index (χ4n) is 0. The Hall–Kier alpha value is 2.50. The third kappa shape index (κ3) is 31.4. The molecule has 0 aromatic rings. The molecule has 0 aliphatic rings. The van der Waals surface area contributed by atoms with Crippen LogP contribution in [0.1, 0.15) is 0 Å². The first kappa shape index (κ1) is 76.4. The van der Waals surface area contributed by atoms with E-state index in [-0.39, 0.29) is 95.0 Å². The molecule has 0 aliphatic carbocycles. The second-order valence-electron chi connectivity index (χ2n) is 0. The van der Waals surface area contributed by atoms with Crippen LogP contribution in [0.5, 0.6) is 0 Å². The number of hydrogen-bond donors (Lipinski definition) is 0. The molecule has 0 saturated carbocycles. The molecule has 0 aromatic carbocycles. The maximum Gasteiger partial charge on any atom is 4.00 e. The summed E-state index contributed by atoms with van der Waals surface area (Å²) in [6, 6.07) is 0. The van der Waals surface area contributed by atoms with Gasteiger partial charge in [0.25, 0.3) is 0 Å². The minimum Gasteiger partial charge on any atom is -2.00 e. The maximum absolute atomic E-state index is 0. The monoisotopic (exact) mass is 196 g/mol. The van der Waals surface area contributed by atoms with Gasteiger partial charge in [-0.15, -0.1) is 0 Å². The summed E-state index contributed by atoms with van der Waals surface area (Å²) in [4.78, 5) is 0. The van der Waals surface area contributed by atoms with Crippen LogP contribution in [0.3, 0.4) is 0 Å². The fourth-order valence-corrected chi connectivity index (χ4v) is 0. The van der Waals surface area contributed by atoms with Gasteiger partial charge in [0.2, 0.25) is 0 Å². The largest absolute Gasteiger partial charge is 4.00 e. The summed E-state index contributed by atoms with van der Waals surface area (Å²) in [6.07, 6.45) is 0. The Morgan fingerprint density at radius 3 is 0.500 bits per heavy atom. The Morgan fingerprint density at radius 1 is 0.500 bits per heavy atom. The van der Waals surface area contributed by atoms with Crippen LogP contribution in [0.2, 0.25) is 0 Å². The summed E-state index contributed by atoms with van der Waals surface area (Å²) in [5, 5.41) is 0. The average Bonchev–Trinajstić information content (AvgIpc) is 0. The van der Waals surface area contributed by atoms with Crippen molar-refractivity contribution >= 4 is 0 Å². The van der Waals surface area contributed by atoms with E-state index < -0.39 is 0 Å². The van der Waals surface area contributed by atoms with Crippen molar-refractivity contribution in [3.8, 4) is 0 Å². The summed E-state index contributed by atoms with van der Waals surface area (Å²) in [6.45, 7) is 0. The van der Waals surface area contributed by atoms with Gasteiger partial charge in [-0.1, -0.05) is 0 Å². The van der Waals surface area contributed by atoms with Gasteiger partial charge in [-0.3, -0.25) is 0 Å². The van der Waals surface area contributed by atoms with E-state index in [1.54, 1.807) is 0 Å². The van der Waals surface area contributed by atoms with Gasteiger partial charge < -0.3 is 16.4 Å². The Balaban J connectivity index is 0. The minimum atomic E-state index is 0. The molecule has 0 unspecified atom stereocenters. The Kier molecular flexibility index (Phi) is 645. The van der Waals surface area contributed by atoms with Crippen molar-refractivity contribution in [3.63, 3.8) is 0 Å². The van der Waals surface area contributed by atoms with E-state index in [2.05, 4.69) is 0 Å². The molecular weight excluding hydrogens is 195 g/mol. The standard InChI is InChI=1S/2Na.3O.Ru/q2*+1;3*-2;+4. The van der Waals surface area contributed by atoms with Crippen LogP contribution in [-0.2, 0) is 35.9 Å². The quantitative estimate of drug-likeness (QED) is 0.344. The van der Waals surface area contributed by atoms with Crippen molar-refractivity contribution in [1.29, 1.82) is 0 Å². The van der Waals surface area contributed by atoms with E-state index in [1.165, 1.54) is 0 Å². The van der Waals surface area contributed by atoms with Crippen LogP contribution in [0.25, 0.3) is 0 Å². The number of rotatable bonds is 0. The zero-order chi connectivity index (χ0) is 0. The molecule has 6 heteroatoms. The van der Waals surface area contributed by atoms with Gasteiger partial charge in [0, 0.05) is 0 Å². The third-order valence-corrected chi connectivity index (χ3v) is 0. The van der Waals surface area contributed by atoms with E-state index in [0.717, 1.165) is 0 Å². The van der Waals surface area contributed by atoms with Crippen LogP contribution in [0.4, 0.5) is 0 Å². The molecule has 0 N–H and O–H groups in total. The summed E-state index contributed by atoms with van der Waals surface area (Å²) >= 11 is 0. The topological polar surface area (TPSA) is 85.5 Å². The van der Waals surface area contributed by atoms with E-state index in [4.69, 9.17) is 0 Å². The van der Waals surface area contributed by atoms with Crippen LogP contribution in [-0.4, -0.2) is 0 Å². The van der Waals surface area contributed by atoms with Gasteiger partial charge in [0.05, 0.1) is 0 Å². The van der Waals surface area contributed by atoms with Crippen molar-refractivity contribution in [2.24, 2.45) is 0 Å². The van der Waals surface area contributed by atoms with E-state index in [0.29, 0.717) is 0 Å². The van der Waals surface area contributed by atoms with Crippen molar-refractivity contribution < 1.29 is 95.0 Å². The van der Waals surface area contributed by atoms with Gasteiger partial charge in [-0.2, -0.15) is 0 Å². The molecule has 3 nitrogen and oxygen atoms in total. The molecule has 0 amide bonds. The van der Waals surface area contributed by atoms with E-state index in [9.17, 15) is 0 Å². The van der Waals surface area contributed by atoms with Crippen LogP contribution in [0, 0.1) is 0 Å². The molecule has 0 saturated heterocycles. The molecule has 0 aliphatic heterocycles. The molecular formula is Na2O3Ru. The normalized spacial score (nSPS) is 0. The average molecular weight is 195 g/mol. The summed E-state index contributed by atoms with van der Waals surface area (Å²) < 4.78 is 0. The Morgan fingerprint density at radius 2 is 0.500 bits per heavy atom. The maximum atomic E-state index is 0. The fraction of sp³-hybridized carbons (Fsp3) is 0. The molecule has 0 aromatic heterocycles. The molecule has 0 atom stereocenters. The molecule has 0 fully saturated rings. The number of hydrogen-bond acceptors (Lipinski definition) is 0. The summed E-state index contributed by atoms with van der Waals surface area (Å²) in [5.41, 5.74) is 0. The van der Waals surface area contributed by atoms with Crippen molar-refractivity contribution in [3.05, 3.63) is 0 Å². The minimum absolute atomic E-state index is 0. The smallest absolute Gasteiger partial charge is 2.00 e. The first-order chi connectivity index (χ1) is 0. The van der Waals surface area contributed by atoms with Gasteiger partial charge in [0.1, 0.15) is 0 Å². The molecule has 0 bridgehead atoms. The Labute approximate surface area is 93.5 Å². The molecule has 0 rings (SSSR count). The summed E-state index contributed by atoms with van der Waals surface area (Å²) in [7, 11) is 0. The van der Waals surface area contributed by atoms with Gasteiger partial charge >= 0.3 is 78.6 Å². The van der Waals surface area contributed by atoms with Crippen molar-refractivity contribution in [1.82, 2.24) is 0 Å². The molecule has 0 spiro atoms. The zero-order valence-corrected chi connectivity index (χ0v) is 9.32. The second-order valence-corrected chi connectivity index (χ2v) is 0.